The topological polar surface area (TPSA) is 92.1 Å². The summed E-state index contributed by atoms with van der Waals surface area (Å²) in [5.74, 6) is -1.52. The van der Waals surface area contributed by atoms with Gasteiger partial charge >= 0.3 is 5.97 Å². The van der Waals surface area contributed by atoms with Crippen LogP contribution in [0.3, 0.4) is 0 Å². The fraction of sp³-hybridized carbons (Fsp3) is 0.429. The number of esters is 1. The molecule has 21 heavy (non-hydrogen) atoms. The van der Waals surface area contributed by atoms with Gasteiger partial charge in [-0.1, -0.05) is 23.7 Å². The minimum absolute atomic E-state index is 0.152. The van der Waals surface area contributed by atoms with E-state index in [0.29, 0.717) is 11.4 Å². The Morgan fingerprint density at radius 1 is 1.38 bits per heavy atom. The molecule has 0 bridgehead atoms. The minimum atomic E-state index is -1.48. The molecule has 1 atom stereocenters. The molecule has 1 aromatic rings. The lowest BCUT2D eigenvalue weighted by Gasteiger charge is -2.23. The van der Waals surface area contributed by atoms with E-state index in [4.69, 9.17) is 21.9 Å². The standard InChI is InChI=1S/C14H16ClN3O3/c1-3-21-13(20)14(2,12(19)17-18-16)9-8-10-4-6-11(15)7-5-10/h4-7H,3,8-9H2,1-2H3. The molecule has 112 valence electrons. The number of carbonyl (C=O) groups excluding carboxylic acids is 2. The molecule has 0 saturated carbocycles. The van der Waals surface area contributed by atoms with Gasteiger partial charge in [0.2, 0.25) is 5.91 Å². The summed E-state index contributed by atoms with van der Waals surface area (Å²) in [5.41, 5.74) is 7.83. The molecule has 1 rings (SSSR count). The first-order valence-electron chi connectivity index (χ1n) is 6.45. The van der Waals surface area contributed by atoms with Gasteiger partial charge in [-0.2, -0.15) is 0 Å². The highest BCUT2D eigenvalue weighted by Crippen LogP contribution is 2.28. The lowest BCUT2D eigenvalue weighted by molar-refractivity contribution is -0.159. The van der Waals surface area contributed by atoms with Gasteiger partial charge in [0.05, 0.1) is 6.61 Å². The third-order valence-corrected chi connectivity index (χ3v) is 3.41. The normalized spacial score (nSPS) is 12.9. The number of aryl methyl sites for hydroxylation is 1. The number of rotatable bonds is 6. The Hall–Kier alpha value is -2.04. The van der Waals surface area contributed by atoms with Crippen LogP contribution in [0.1, 0.15) is 25.8 Å². The molecule has 0 aliphatic carbocycles. The molecule has 7 heteroatoms. The number of nitrogens with zero attached hydrogens (tertiary/aromatic N) is 3. The number of carbonyl (C=O) groups is 2. The second-order valence-electron chi connectivity index (χ2n) is 4.67. The lowest BCUT2D eigenvalue weighted by atomic mass is 9.83. The second kappa shape index (κ2) is 7.67. The van der Waals surface area contributed by atoms with Crippen molar-refractivity contribution in [2.75, 3.05) is 6.61 Å². The lowest BCUT2D eigenvalue weighted by Crippen LogP contribution is -2.37. The van der Waals surface area contributed by atoms with Gasteiger partial charge in [0.25, 0.3) is 0 Å². The number of hydrogen-bond donors (Lipinski definition) is 0. The van der Waals surface area contributed by atoms with Crippen LogP contribution < -0.4 is 0 Å². The van der Waals surface area contributed by atoms with Crippen molar-refractivity contribution in [3.05, 3.63) is 45.3 Å². The maximum atomic E-state index is 12.0. The Bertz CT molecular complexity index is 567. The van der Waals surface area contributed by atoms with Crippen molar-refractivity contribution < 1.29 is 14.3 Å². The SMILES string of the molecule is CCOC(=O)C(C)(CCc1ccc(Cl)cc1)C(=O)N=[N+]=[N-]. The average Bonchev–Trinajstić information content (AvgIpc) is 2.46. The van der Waals surface area contributed by atoms with Crippen LogP contribution in [-0.4, -0.2) is 18.5 Å². The first-order chi connectivity index (χ1) is 9.93. The predicted molar refractivity (Wildman–Crippen MR) is 78.7 cm³/mol. The van der Waals surface area contributed by atoms with E-state index in [1.807, 2.05) is 12.1 Å². The average molecular weight is 310 g/mol. The van der Waals surface area contributed by atoms with E-state index in [9.17, 15) is 9.59 Å². The molecule has 0 aromatic heterocycles. The van der Waals surface area contributed by atoms with Crippen molar-refractivity contribution in [3.8, 4) is 0 Å². The number of amides is 1. The zero-order chi connectivity index (χ0) is 15.9. The van der Waals surface area contributed by atoms with Crippen LogP contribution in [0, 0.1) is 5.41 Å². The van der Waals surface area contributed by atoms with Crippen molar-refractivity contribution in [3.63, 3.8) is 0 Å². The van der Waals surface area contributed by atoms with Gasteiger partial charge in [0.1, 0.15) is 5.41 Å². The molecule has 0 radical (unpaired) electrons. The molecule has 1 unspecified atom stereocenters. The van der Waals surface area contributed by atoms with Gasteiger partial charge in [-0.25, -0.2) is 0 Å². The van der Waals surface area contributed by atoms with Crippen LogP contribution in [0.5, 0.6) is 0 Å². The van der Waals surface area contributed by atoms with Crippen molar-refractivity contribution in [1.29, 1.82) is 0 Å². The molecule has 0 saturated heterocycles. The predicted octanol–water partition coefficient (Wildman–Crippen LogP) is 3.68. The number of halogens is 1. The summed E-state index contributed by atoms with van der Waals surface area (Å²) in [6.07, 6.45) is 0.643. The zero-order valence-corrected chi connectivity index (χ0v) is 12.6. The highest BCUT2D eigenvalue weighted by atomic mass is 35.5. The van der Waals surface area contributed by atoms with Crippen molar-refractivity contribution >= 4 is 23.5 Å². The molecular formula is C14H16ClN3O3. The molecular weight excluding hydrogens is 294 g/mol. The van der Waals surface area contributed by atoms with E-state index < -0.39 is 17.3 Å². The number of benzene rings is 1. The van der Waals surface area contributed by atoms with Crippen molar-refractivity contribution in [2.45, 2.75) is 26.7 Å². The third-order valence-electron chi connectivity index (χ3n) is 3.16. The Morgan fingerprint density at radius 2 is 2.00 bits per heavy atom. The van der Waals surface area contributed by atoms with Gasteiger partial charge in [0, 0.05) is 9.93 Å². The summed E-state index contributed by atoms with van der Waals surface area (Å²) in [6.45, 7) is 3.23. The van der Waals surface area contributed by atoms with Crippen LogP contribution in [0.4, 0.5) is 0 Å². The van der Waals surface area contributed by atoms with Gasteiger partial charge < -0.3 is 4.74 Å². The van der Waals surface area contributed by atoms with Crippen LogP contribution >= 0.6 is 11.6 Å². The van der Waals surface area contributed by atoms with Gasteiger partial charge in [-0.3, -0.25) is 9.59 Å². The quantitative estimate of drug-likeness (QED) is 0.264. The molecule has 0 N–H and O–H groups in total. The third kappa shape index (κ3) is 4.48. The summed E-state index contributed by atoms with van der Waals surface area (Å²) in [7, 11) is 0. The molecule has 0 fully saturated rings. The van der Waals surface area contributed by atoms with E-state index in [-0.39, 0.29) is 13.0 Å². The van der Waals surface area contributed by atoms with Crippen LogP contribution in [-0.2, 0) is 20.7 Å². The maximum absolute atomic E-state index is 12.0. The highest BCUT2D eigenvalue weighted by Gasteiger charge is 2.41. The fourth-order valence-corrected chi connectivity index (χ4v) is 1.91. The molecule has 1 amide bonds. The monoisotopic (exact) mass is 309 g/mol. The van der Waals surface area contributed by atoms with Crippen LogP contribution in [0.2, 0.25) is 5.02 Å². The number of hydrogen-bond acceptors (Lipinski definition) is 3. The number of ether oxygens (including phenoxy) is 1. The largest absolute Gasteiger partial charge is 0.465 e. The summed E-state index contributed by atoms with van der Waals surface area (Å²) in [4.78, 5) is 26.4. The summed E-state index contributed by atoms with van der Waals surface area (Å²) >= 11 is 5.80. The Labute approximate surface area is 127 Å². The van der Waals surface area contributed by atoms with Crippen molar-refractivity contribution in [2.24, 2.45) is 10.5 Å². The van der Waals surface area contributed by atoms with Gasteiger partial charge in [-0.05, 0) is 55.0 Å². The molecule has 6 nitrogen and oxygen atoms in total. The summed E-state index contributed by atoms with van der Waals surface area (Å²) in [5, 5.41) is 3.65. The van der Waals surface area contributed by atoms with E-state index >= 15 is 0 Å². The molecule has 1 aromatic carbocycles. The van der Waals surface area contributed by atoms with E-state index in [1.54, 1.807) is 19.1 Å². The maximum Gasteiger partial charge on any atom is 0.319 e. The van der Waals surface area contributed by atoms with Gasteiger partial charge in [0.15, 0.2) is 0 Å². The first-order valence-corrected chi connectivity index (χ1v) is 6.83. The highest BCUT2D eigenvalue weighted by molar-refractivity contribution is 6.30. The van der Waals surface area contributed by atoms with E-state index in [1.165, 1.54) is 6.92 Å². The van der Waals surface area contributed by atoms with Crippen molar-refractivity contribution in [1.82, 2.24) is 0 Å². The Kier molecular flexibility index (Phi) is 6.21. The van der Waals surface area contributed by atoms with Gasteiger partial charge in [-0.15, -0.1) is 0 Å². The first kappa shape index (κ1) is 17.0. The van der Waals surface area contributed by atoms with E-state index in [2.05, 4.69) is 10.0 Å². The molecule has 0 aliphatic heterocycles. The second-order valence-corrected chi connectivity index (χ2v) is 5.11. The zero-order valence-electron chi connectivity index (χ0n) is 11.9. The van der Waals surface area contributed by atoms with Crippen LogP contribution in [0.15, 0.2) is 29.4 Å². The molecule has 0 heterocycles. The van der Waals surface area contributed by atoms with Crippen LogP contribution in [0.25, 0.3) is 10.4 Å². The summed E-state index contributed by atoms with van der Waals surface area (Å²) < 4.78 is 4.92. The fourth-order valence-electron chi connectivity index (χ4n) is 1.78. The molecule has 0 aliphatic rings. The minimum Gasteiger partial charge on any atom is -0.465 e. The Balaban J connectivity index is 2.91. The Morgan fingerprint density at radius 3 is 2.52 bits per heavy atom. The molecule has 0 spiro atoms. The number of azide groups is 1. The smallest absolute Gasteiger partial charge is 0.319 e. The van der Waals surface area contributed by atoms with E-state index in [0.717, 1.165) is 5.56 Å². The summed E-state index contributed by atoms with van der Waals surface area (Å²) in [6, 6.07) is 7.08.